The van der Waals surface area contributed by atoms with Crippen LogP contribution >= 0.6 is 27.3 Å². The van der Waals surface area contributed by atoms with Crippen molar-refractivity contribution in [3.8, 4) is 0 Å². The predicted octanol–water partition coefficient (Wildman–Crippen LogP) is 5.77. The van der Waals surface area contributed by atoms with Gasteiger partial charge in [-0.25, -0.2) is 0 Å². The summed E-state index contributed by atoms with van der Waals surface area (Å²) in [6, 6.07) is 0.554. The molecule has 1 unspecified atom stereocenters. The molecule has 0 spiro atoms. The Kier molecular flexibility index (Phi) is 6.37. The van der Waals surface area contributed by atoms with E-state index in [1.807, 2.05) is 11.3 Å². The average molecular weight is 344 g/mol. The van der Waals surface area contributed by atoms with Crippen molar-refractivity contribution in [2.75, 3.05) is 6.54 Å². The maximum Gasteiger partial charge on any atom is 0.0368 e. The van der Waals surface area contributed by atoms with Crippen LogP contribution in [0.25, 0.3) is 0 Å². The molecule has 1 aromatic rings. The maximum absolute atomic E-state index is 3.79. The van der Waals surface area contributed by atoms with Crippen LogP contribution in [0.1, 0.15) is 64.0 Å². The molecule has 0 bridgehead atoms. The summed E-state index contributed by atoms with van der Waals surface area (Å²) in [5, 5.41) is 8.33. The molecule has 1 heterocycles. The average Bonchev–Trinajstić information content (AvgIpc) is 2.86. The summed E-state index contributed by atoms with van der Waals surface area (Å²) in [7, 11) is 0. The maximum atomic E-state index is 3.79. The summed E-state index contributed by atoms with van der Waals surface area (Å²) in [5.74, 6) is 1.80. The van der Waals surface area contributed by atoms with Crippen molar-refractivity contribution < 1.29 is 0 Å². The van der Waals surface area contributed by atoms with E-state index < -0.39 is 0 Å². The highest BCUT2D eigenvalue weighted by Gasteiger charge is 2.29. The minimum absolute atomic E-state index is 0.554. The van der Waals surface area contributed by atoms with E-state index in [4.69, 9.17) is 0 Å². The van der Waals surface area contributed by atoms with Gasteiger partial charge in [0.2, 0.25) is 0 Å². The van der Waals surface area contributed by atoms with E-state index in [9.17, 15) is 0 Å². The van der Waals surface area contributed by atoms with E-state index in [1.54, 1.807) is 0 Å². The first-order valence-electron chi connectivity index (χ1n) is 7.71. The summed E-state index contributed by atoms with van der Waals surface area (Å²) >= 11 is 5.53. The molecule has 1 saturated carbocycles. The number of nitrogens with one attached hydrogen (secondary N) is 1. The summed E-state index contributed by atoms with van der Waals surface area (Å²) in [6.45, 7) is 5.72. The molecule has 108 valence electrons. The fraction of sp³-hybridized carbons (Fsp3) is 0.750. The van der Waals surface area contributed by atoms with Crippen LogP contribution in [-0.4, -0.2) is 6.54 Å². The Morgan fingerprint density at radius 1 is 1.26 bits per heavy atom. The highest BCUT2D eigenvalue weighted by atomic mass is 79.9. The van der Waals surface area contributed by atoms with Crippen LogP contribution in [-0.2, 0) is 0 Å². The van der Waals surface area contributed by atoms with Gasteiger partial charge in [0.1, 0.15) is 0 Å². The highest BCUT2D eigenvalue weighted by Crippen LogP contribution is 2.40. The fourth-order valence-corrected chi connectivity index (χ4v) is 4.85. The third-order valence-corrected chi connectivity index (χ3v) is 6.28. The quantitative estimate of drug-likeness (QED) is 0.691. The molecule has 1 aliphatic rings. The molecular formula is C16H26BrNS. The Hall–Kier alpha value is 0.140. The standard InChI is InChI=1S/C16H26BrNS/c1-3-9-18-16(14-10-19-11-15(14)17)13-7-5-12(4-2)6-8-13/h10-13,16,18H,3-9H2,1-2H3. The van der Waals surface area contributed by atoms with Crippen LogP contribution in [0.3, 0.4) is 0 Å². The SMILES string of the molecule is CCCNC(c1cscc1Br)C1CCC(CC)CC1. The zero-order chi connectivity index (χ0) is 13.7. The van der Waals surface area contributed by atoms with Crippen LogP contribution in [0.5, 0.6) is 0 Å². The second-order valence-corrected chi connectivity index (χ2v) is 7.39. The molecule has 1 nitrogen and oxygen atoms in total. The molecule has 1 aromatic heterocycles. The van der Waals surface area contributed by atoms with Crippen molar-refractivity contribution in [2.45, 2.75) is 58.4 Å². The van der Waals surface area contributed by atoms with E-state index in [-0.39, 0.29) is 0 Å². The van der Waals surface area contributed by atoms with E-state index >= 15 is 0 Å². The van der Waals surface area contributed by atoms with Gasteiger partial charge in [-0.3, -0.25) is 0 Å². The van der Waals surface area contributed by atoms with Crippen molar-refractivity contribution in [3.05, 3.63) is 20.8 Å². The van der Waals surface area contributed by atoms with Gasteiger partial charge in [-0.15, -0.1) is 0 Å². The molecule has 0 aromatic carbocycles. The van der Waals surface area contributed by atoms with Gasteiger partial charge in [0.25, 0.3) is 0 Å². The van der Waals surface area contributed by atoms with Crippen LogP contribution in [0.15, 0.2) is 15.2 Å². The molecule has 19 heavy (non-hydrogen) atoms. The minimum atomic E-state index is 0.554. The zero-order valence-corrected chi connectivity index (χ0v) is 14.5. The third-order valence-electron chi connectivity index (χ3n) is 4.53. The van der Waals surface area contributed by atoms with Crippen LogP contribution in [0, 0.1) is 11.8 Å². The molecule has 1 aliphatic carbocycles. The first kappa shape index (κ1) is 15.5. The lowest BCUT2D eigenvalue weighted by Gasteiger charge is -2.34. The lowest BCUT2D eigenvalue weighted by Crippen LogP contribution is -2.31. The lowest BCUT2D eigenvalue weighted by molar-refractivity contribution is 0.218. The van der Waals surface area contributed by atoms with E-state index in [0.29, 0.717) is 6.04 Å². The highest BCUT2D eigenvalue weighted by molar-refractivity contribution is 9.10. The van der Waals surface area contributed by atoms with Gasteiger partial charge in [-0.05, 0) is 64.5 Å². The van der Waals surface area contributed by atoms with Crippen molar-refractivity contribution in [2.24, 2.45) is 11.8 Å². The molecule has 0 aliphatic heterocycles. The summed E-state index contributed by atoms with van der Waals surface area (Å²) in [6.07, 6.45) is 8.20. The molecule has 1 fully saturated rings. The Morgan fingerprint density at radius 3 is 2.53 bits per heavy atom. The topological polar surface area (TPSA) is 12.0 Å². The van der Waals surface area contributed by atoms with Crippen molar-refractivity contribution >= 4 is 27.3 Å². The second-order valence-electron chi connectivity index (χ2n) is 5.80. The van der Waals surface area contributed by atoms with Crippen molar-refractivity contribution in [1.82, 2.24) is 5.32 Å². The molecule has 1 N–H and O–H groups in total. The normalized spacial score (nSPS) is 25.4. The first-order chi connectivity index (χ1) is 9.26. The third kappa shape index (κ3) is 4.05. The first-order valence-corrected chi connectivity index (χ1v) is 9.44. The zero-order valence-electron chi connectivity index (χ0n) is 12.1. The van der Waals surface area contributed by atoms with Gasteiger partial charge >= 0.3 is 0 Å². The molecule has 0 amide bonds. The van der Waals surface area contributed by atoms with E-state index in [1.165, 1.54) is 48.6 Å². The van der Waals surface area contributed by atoms with Gasteiger partial charge in [-0.2, -0.15) is 11.3 Å². The van der Waals surface area contributed by atoms with Crippen LogP contribution < -0.4 is 5.32 Å². The lowest BCUT2D eigenvalue weighted by atomic mass is 9.76. The monoisotopic (exact) mass is 343 g/mol. The Bertz CT molecular complexity index is 369. The van der Waals surface area contributed by atoms with Crippen molar-refractivity contribution in [3.63, 3.8) is 0 Å². The number of hydrogen-bond acceptors (Lipinski definition) is 2. The minimum Gasteiger partial charge on any atom is -0.310 e. The van der Waals surface area contributed by atoms with Gasteiger partial charge in [0, 0.05) is 15.9 Å². The van der Waals surface area contributed by atoms with Crippen molar-refractivity contribution in [1.29, 1.82) is 0 Å². The molecule has 1 atom stereocenters. The van der Waals surface area contributed by atoms with Gasteiger partial charge < -0.3 is 5.32 Å². The molecule has 2 rings (SSSR count). The molecule has 0 saturated heterocycles. The summed E-state index contributed by atoms with van der Waals surface area (Å²) < 4.78 is 1.30. The van der Waals surface area contributed by atoms with Crippen LogP contribution in [0.4, 0.5) is 0 Å². The molecule has 0 radical (unpaired) electrons. The largest absolute Gasteiger partial charge is 0.310 e. The smallest absolute Gasteiger partial charge is 0.0368 e. The fourth-order valence-electron chi connectivity index (χ4n) is 3.27. The van der Waals surface area contributed by atoms with Gasteiger partial charge in [0.05, 0.1) is 0 Å². The number of thiophene rings is 1. The molecular weight excluding hydrogens is 318 g/mol. The second kappa shape index (κ2) is 7.80. The van der Waals surface area contributed by atoms with Gasteiger partial charge in [0.15, 0.2) is 0 Å². The Balaban J connectivity index is 2.04. The summed E-state index contributed by atoms with van der Waals surface area (Å²) in [4.78, 5) is 0. The number of rotatable bonds is 6. The predicted molar refractivity (Wildman–Crippen MR) is 88.8 cm³/mol. The summed E-state index contributed by atoms with van der Waals surface area (Å²) in [5.41, 5.74) is 1.48. The van der Waals surface area contributed by atoms with E-state index in [0.717, 1.165) is 18.4 Å². The van der Waals surface area contributed by atoms with Crippen LogP contribution in [0.2, 0.25) is 0 Å². The number of halogens is 1. The molecule has 3 heteroatoms. The number of hydrogen-bond donors (Lipinski definition) is 1. The van der Waals surface area contributed by atoms with E-state index in [2.05, 4.69) is 45.9 Å². The Labute approximate surface area is 130 Å². The Morgan fingerprint density at radius 2 is 2.00 bits per heavy atom. The van der Waals surface area contributed by atoms with Gasteiger partial charge in [-0.1, -0.05) is 33.1 Å².